The van der Waals surface area contributed by atoms with Crippen LogP contribution in [-0.2, 0) is 33.2 Å². The lowest BCUT2D eigenvalue weighted by Crippen LogP contribution is -2.65. The monoisotopic (exact) mass is 796 g/mol. The highest BCUT2D eigenvalue weighted by Gasteiger charge is 2.53. The number of phenolic OH excluding ortho intramolecular Hbond substituents is 1. The molecule has 0 amide bonds. The molecule has 15 atom stereocenters. The average molecular weight is 797 g/mol. The number of hydrogen-bond acceptors (Lipinski definition) is 20. The Morgan fingerprint density at radius 1 is 0.750 bits per heavy atom. The number of esters is 1. The number of hydrogen-bond donors (Lipinski definition) is 9. The maximum atomic E-state index is 13.1. The van der Waals surface area contributed by atoms with Crippen molar-refractivity contribution in [2.75, 3.05) is 20.3 Å². The van der Waals surface area contributed by atoms with Crippen LogP contribution in [0.25, 0.3) is 22.3 Å². The van der Waals surface area contributed by atoms with Gasteiger partial charge in [0.15, 0.2) is 30.2 Å². The van der Waals surface area contributed by atoms with Gasteiger partial charge in [0.25, 0.3) is 0 Å². The first-order valence-corrected chi connectivity index (χ1v) is 17.5. The van der Waals surface area contributed by atoms with Crippen molar-refractivity contribution in [1.29, 1.82) is 0 Å². The number of rotatable bonds is 11. The maximum Gasteiger partial charge on any atom is 0.303 e. The first kappa shape index (κ1) is 41.6. The van der Waals surface area contributed by atoms with Crippen molar-refractivity contribution < 1.29 is 93.1 Å². The average Bonchev–Trinajstić information content (AvgIpc) is 3.17. The van der Waals surface area contributed by atoms with Gasteiger partial charge in [-0.15, -0.1) is 0 Å². The van der Waals surface area contributed by atoms with Gasteiger partial charge in [-0.25, -0.2) is 0 Å². The van der Waals surface area contributed by atoms with E-state index in [-0.39, 0.29) is 22.5 Å². The van der Waals surface area contributed by atoms with Crippen LogP contribution in [0.3, 0.4) is 0 Å². The van der Waals surface area contributed by atoms with Gasteiger partial charge in [-0.1, -0.05) is 0 Å². The molecule has 0 aliphatic carbocycles. The fraction of sp³-hybridized carbons (Fsp3) is 0.556. The van der Waals surface area contributed by atoms with Crippen LogP contribution in [0.4, 0.5) is 0 Å². The Morgan fingerprint density at radius 2 is 1.43 bits per heavy atom. The SMILES string of the molecule is COc1ccc(-c2cc(=O)c3c(O)cc(O[C@@H]4O[C@H](CO[C@@H]5O[C@H](CO)[C@@H](O)[C@H](O)[C@H]5O)[C@@H](O)[C@H](O)[C@H]4O[C@@H]4O[C@@H](C)[C@H](O)[C@@H](OC(C)=O)[C@H]4O)cc3o2)cc1. The van der Waals surface area contributed by atoms with Gasteiger partial charge in [0.05, 0.1) is 26.4 Å². The zero-order valence-electron chi connectivity index (χ0n) is 30.1. The van der Waals surface area contributed by atoms with E-state index < -0.39 is 122 Å². The predicted octanol–water partition coefficient (Wildman–Crippen LogP) is -2.40. The van der Waals surface area contributed by atoms with E-state index >= 15 is 0 Å². The third-order valence-corrected chi connectivity index (χ3v) is 9.70. The third-order valence-electron chi connectivity index (χ3n) is 9.70. The summed E-state index contributed by atoms with van der Waals surface area (Å²) < 4.78 is 50.7. The molecule has 9 N–H and O–H groups in total. The molecular weight excluding hydrogens is 752 g/mol. The summed E-state index contributed by atoms with van der Waals surface area (Å²) in [6.45, 7) is 1.04. The number of aliphatic hydroxyl groups excluding tert-OH is 8. The summed E-state index contributed by atoms with van der Waals surface area (Å²) in [5, 5.41) is 95.2. The van der Waals surface area contributed by atoms with Crippen LogP contribution >= 0.6 is 0 Å². The summed E-state index contributed by atoms with van der Waals surface area (Å²) in [5.41, 5.74) is -0.230. The van der Waals surface area contributed by atoms with Crippen molar-refractivity contribution >= 4 is 16.9 Å². The molecule has 2 aromatic carbocycles. The van der Waals surface area contributed by atoms with E-state index in [2.05, 4.69) is 0 Å². The van der Waals surface area contributed by atoms with Crippen molar-refractivity contribution in [3.63, 3.8) is 0 Å². The van der Waals surface area contributed by atoms with Crippen molar-refractivity contribution in [3.05, 3.63) is 52.7 Å². The van der Waals surface area contributed by atoms with E-state index in [0.29, 0.717) is 11.3 Å². The summed E-state index contributed by atoms with van der Waals surface area (Å²) in [4.78, 5) is 24.9. The molecule has 0 spiro atoms. The molecule has 0 bridgehead atoms. The van der Waals surface area contributed by atoms with E-state index in [1.807, 2.05) is 0 Å². The Kier molecular flexibility index (Phi) is 12.8. The first-order valence-electron chi connectivity index (χ1n) is 17.5. The Balaban J connectivity index is 1.31. The van der Waals surface area contributed by atoms with Gasteiger partial charge < -0.3 is 88.3 Å². The highest BCUT2D eigenvalue weighted by atomic mass is 16.8. The van der Waals surface area contributed by atoms with Crippen LogP contribution in [0, 0.1) is 0 Å². The second kappa shape index (κ2) is 17.2. The van der Waals surface area contributed by atoms with E-state index in [0.717, 1.165) is 13.0 Å². The maximum absolute atomic E-state index is 13.1. The van der Waals surface area contributed by atoms with Crippen LogP contribution in [0.5, 0.6) is 17.2 Å². The van der Waals surface area contributed by atoms with Crippen molar-refractivity contribution in [2.45, 2.75) is 106 Å². The molecule has 0 radical (unpaired) electrons. The smallest absolute Gasteiger partial charge is 0.303 e. The molecule has 3 aromatic rings. The van der Waals surface area contributed by atoms with Gasteiger partial charge in [-0.2, -0.15) is 0 Å². The Labute approximate surface area is 317 Å². The molecule has 4 heterocycles. The zero-order chi connectivity index (χ0) is 40.6. The molecule has 1 aromatic heterocycles. The number of benzene rings is 2. The summed E-state index contributed by atoms with van der Waals surface area (Å²) in [5.74, 6) is -0.937. The molecule has 0 unspecified atom stereocenters. The molecule has 20 heteroatoms. The number of aromatic hydroxyl groups is 1. The lowest BCUT2D eigenvalue weighted by molar-refractivity contribution is -0.360. The fourth-order valence-corrected chi connectivity index (χ4v) is 6.62. The zero-order valence-corrected chi connectivity index (χ0v) is 30.1. The Bertz CT molecular complexity index is 1870. The number of carbonyl (C=O) groups excluding carboxylic acids is 1. The molecule has 3 fully saturated rings. The van der Waals surface area contributed by atoms with Crippen molar-refractivity contribution in [2.24, 2.45) is 0 Å². The van der Waals surface area contributed by atoms with E-state index in [1.165, 1.54) is 26.2 Å². The van der Waals surface area contributed by atoms with Crippen LogP contribution < -0.4 is 14.9 Å². The topological polar surface area (TPSA) is 303 Å². The molecule has 3 saturated heterocycles. The second-order valence-corrected chi connectivity index (χ2v) is 13.6. The van der Waals surface area contributed by atoms with Gasteiger partial charge in [-0.05, 0) is 31.2 Å². The standard InChI is InChI=1S/C36H44O20/c1-13-25(41)32(51-14(2)38)31(47)35(50-13)56-33-29(45)27(43)23(12-49-34-30(46)28(44)26(42)22(11-37)54-34)55-36(33)52-17-8-18(39)24-19(40)10-20(53-21(24)9-17)15-4-6-16(48-3)7-5-15/h4-10,13,22-23,25-37,39,41-47H,11-12H2,1-3H3/t13-,22+,23+,25-,26+,27+,28-,29-,30+,31+,32+,33+,34+,35-,36+/m0/s1. The summed E-state index contributed by atoms with van der Waals surface area (Å²) in [6, 6.07) is 10.1. The largest absolute Gasteiger partial charge is 0.507 e. The van der Waals surface area contributed by atoms with Crippen LogP contribution in [0.15, 0.2) is 51.7 Å². The predicted molar refractivity (Wildman–Crippen MR) is 184 cm³/mol. The lowest BCUT2D eigenvalue weighted by Gasteiger charge is -2.46. The highest BCUT2D eigenvalue weighted by molar-refractivity contribution is 5.86. The lowest BCUT2D eigenvalue weighted by atomic mass is 9.97. The number of fused-ring (bicyclic) bond motifs is 1. The number of methoxy groups -OCH3 is 1. The molecule has 308 valence electrons. The summed E-state index contributed by atoms with van der Waals surface area (Å²) in [6.07, 6.45) is -24.8. The van der Waals surface area contributed by atoms with Gasteiger partial charge in [0.1, 0.15) is 88.9 Å². The molecule has 0 saturated carbocycles. The quantitative estimate of drug-likeness (QED) is 0.0914. The minimum absolute atomic E-state index is 0.128. The van der Waals surface area contributed by atoms with Crippen LogP contribution in [0.1, 0.15) is 13.8 Å². The molecule has 6 rings (SSSR count). The number of phenols is 1. The van der Waals surface area contributed by atoms with Crippen molar-refractivity contribution in [1.82, 2.24) is 0 Å². The summed E-state index contributed by atoms with van der Waals surface area (Å²) >= 11 is 0. The number of ether oxygens (including phenoxy) is 8. The third kappa shape index (κ3) is 8.48. The summed E-state index contributed by atoms with van der Waals surface area (Å²) in [7, 11) is 1.49. The second-order valence-electron chi connectivity index (χ2n) is 13.6. The van der Waals surface area contributed by atoms with Crippen LogP contribution in [0.2, 0.25) is 0 Å². The Morgan fingerprint density at radius 3 is 2.09 bits per heavy atom. The van der Waals surface area contributed by atoms with Gasteiger partial charge in [0, 0.05) is 30.7 Å². The normalized spacial score (nSPS) is 36.2. The van der Waals surface area contributed by atoms with E-state index in [9.17, 15) is 55.5 Å². The van der Waals surface area contributed by atoms with Gasteiger partial charge in [-0.3, -0.25) is 9.59 Å². The molecule has 3 aliphatic heterocycles. The number of carbonyl (C=O) groups is 1. The van der Waals surface area contributed by atoms with E-state index in [4.69, 9.17) is 42.3 Å². The Hall–Kier alpha value is -4.00. The number of aliphatic hydroxyl groups is 8. The molecular formula is C36H44O20. The molecule has 20 nitrogen and oxygen atoms in total. The fourth-order valence-electron chi connectivity index (χ4n) is 6.62. The van der Waals surface area contributed by atoms with Gasteiger partial charge in [0.2, 0.25) is 6.29 Å². The molecule has 3 aliphatic rings. The molecule has 56 heavy (non-hydrogen) atoms. The van der Waals surface area contributed by atoms with E-state index in [1.54, 1.807) is 24.3 Å². The minimum Gasteiger partial charge on any atom is -0.507 e. The van der Waals surface area contributed by atoms with Crippen LogP contribution in [-0.4, -0.2) is 164 Å². The highest BCUT2D eigenvalue weighted by Crippen LogP contribution is 2.36. The van der Waals surface area contributed by atoms with Crippen molar-refractivity contribution in [3.8, 4) is 28.6 Å². The van der Waals surface area contributed by atoms with Gasteiger partial charge >= 0.3 is 5.97 Å². The first-order chi connectivity index (χ1) is 26.6. The minimum atomic E-state index is -1.95.